The molecule has 146 valence electrons. The highest BCUT2D eigenvalue weighted by molar-refractivity contribution is 6.00. The molecule has 0 saturated heterocycles. The van der Waals surface area contributed by atoms with Gasteiger partial charge < -0.3 is 20.1 Å². The lowest BCUT2D eigenvalue weighted by Crippen LogP contribution is -2.30. The van der Waals surface area contributed by atoms with Gasteiger partial charge in [0.2, 0.25) is 0 Å². The molecule has 0 radical (unpaired) electrons. The Bertz CT molecular complexity index is 894. The Morgan fingerprint density at radius 1 is 1.04 bits per heavy atom. The highest BCUT2D eigenvalue weighted by atomic mass is 16.5. The van der Waals surface area contributed by atoms with Gasteiger partial charge in [-0.25, -0.2) is 0 Å². The van der Waals surface area contributed by atoms with Crippen LogP contribution in [-0.2, 0) is 4.79 Å². The van der Waals surface area contributed by atoms with Crippen molar-refractivity contribution in [2.75, 3.05) is 34.4 Å². The van der Waals surface area contributed by atoms with Gasteiger partial charge in [0.1, 0.15) is 0 Å². The van der Waals surface area contributed by atoms with E-state index >= 15 is 0 Å². The summed E-state index contributed by atoms with van der Waals surface area (Å²) in [5, 5.41) is 6.39. The number of benzene rings is 1. The highest BCUT2D eigenvalue weighted by Crippen LogP contribution is 2.31. The fourth-order valence-corrected chi connectivity index (χ4v) is 2.97. The van der Waals surface area contributed by atoms with Crippen molar-refractivity contribution in [1.29, 1.82) is 0 Å². The van der Waals surface area contributed by atoms with Crippen LogP contribution in [0.3, 0.4) is 0 Å². The number of hydrogen-bond donors (Lipinski definition) is 2. The standard InChI is InChI=1S/C22H25N3O3/c1-23-11-12-24-18-8-9-19-6-4-5-16(14-22(26)25(19)15-18)17-7-10-20(27-2)21(13-17)28-3/h4-10,13-15,23-24H,11-12H2,1-3H3/b5-4+,16-14+,19-6+. The minimum absolute atomic E-state index is 0.113. The molecule has 2 N–H and O–H groups in total. The molecule has 3 rings (SSSR count). The number of nitrogens with zero attached hydrogens (tertiary/aromatic N) is 1. The van der Waals surface area contributed by atoms with Crippen LogP contribution in [0, 0.1) is 0 Å². The monoisotopic (exact) mass is 379 g/mol. The van der Waals surface area contributed by atoms with Crippen LogP contribution in [0.4, 0.5) is 0 Å². The molecule has 2 heterocycles. The third-order valence-corrected chi connectivity index (χ3v) is 4.46. The molecule has 6 nitrogen and oxygen atoms in total. The van der Waals surface area contributed by atoms with E-state index in [0.717, 1.165) is 35.6 Å². The van der Waals surface area contributed by atoms with Crippen LogP contribution in [0.5, 0.6) is 11.5 Å². The summed E-state index contributed by atoms with van der Waals surface area (Å²) in [4.78, 5) is 14.6. The van der Waals surface area contributed by atoms with Crippen LogP contribution in [0.15, 0.2) is 72.2 Å². The average Bonchev–Trinajstić information content (AvgIpc) is 2.72. The summed E-state index contributed by atoms with van der Waals surface area (Å²) in [7, 11) is 5.10. The number of ether oxygens (including phenoxy) is 2. The molecule has 0 fully saturated rings. The van der Waals surface area contributed by atoms with Gasteiger partial charge in [-0.05, 0) is 48.5 Å². The molecule has 1 aromatic rings. The molecular formula is C22H25N3O3. The Morgan fingerprint density at radius 2 is 1.86 bits per heavy atom. The van der Waals surface area contributed by atoms with Gasteiger partial charge in [0.05, 0.1) is 19.9 Å². The fraction of sp³-hybridized carbons (Fsp3) is 0.227. The summed E-state index contributed by atoms with van der Waals surface area (Å²) in [6, 6.07) is 5.61. The SMILES string of the molecule is CNCCNC1=CN2C(=O)\C=C(c3ccc(OC)c(OC)c3)/C=C/C=C/2C=C1. The molecule has 0 bridgehead atoms. The van der Waals surface area contributed by atoms with E-state index in [9.17, 15) is 4.79 Å². The summed E-state index contributed by atoms with van der Waals surface area (Å²) >= 11 is 0. The van der Waals surface area contributed by atoms with Gasteiger partial charge in [0.25, 0.3) is 5.91 Å². The van der Waals surface area contributed by atoms with E-state index in [4.69, 9.17) is 9.47 Å². The molecule has 0 saturated carbocycles. The minimum atomic E-state index is -0.113. The number of likely N-dealkylation sites (N-methyl/N-ethyl adjacent to an activating group) is 1. The zero-order valence-electron chi connectivity index (χ0n) is 16.4. The predicted molar refractivity (Wildman–Crippen MR) is 111 cm³/mol. The van der Waals surface area contributed by atoms with E-state index in [2.05, 4.69) is 10.6 Å². The van der Waals surface area contributed by atoms with E-state index < -0.39 is 0 Å². The molecule has 28 heavy (non-hydrogen) atoms. The van der Waals surface area contributed by atoms with E-state index in [1.165, 1.54) is 0 Å². The maximum Gasteiger partial charge on any atom is 0.255 e. The lowest BCUT2D eigenvalue weighted by Gasteiger charge is -2.24. The van der Waals surface area contributed by atoms with Gasteiger partial charge in [-0.1, -0.05) is 18.2 Å². The van der Waals surface area contributed by atoms with Gasteiger partial charge in [-0.2, -0.15) is 0 Å². The molecule has 0 unspecified atom stereocenters. The number of allylic oxidation sites excluding steroid dienone is 6. The van der Waals surface area contributed by atoms with Crippen molar-refractivity contribution < 1.29 is 14.3 Å². The summed E-state index contributed by atoms with van der Waals surface area (Å²) in [5.74, 6) is 1.16. The Hall–Kier alpha value is -3.25. The maximum atomic E-state index is 12.9. The lowest BCUT2D eigenvalue weighted by molar-refractivity contribution is -0.122. The van der Waals surface area contributed by atoms with Gasteiger partial charge >= 0.3 is 0 Å². The first-order chi connectivity index (χ1) is 13.7. The minimum Gasteiger partial charge on any atom is -0.493 e. The second kappa shape index (κ2) is 9.10. The first-order valence-corrected chi connectivity index (χ1v) is 9.10. The quantitative estimate of drug-likeness (QED) is 0.713. The van der Waals surface area contributed by atoms with Crippen molar-refractivity contribution in [2.24, 2.45) is 0 Å². The van der Waals surface area contributed by atoms with Crippen LogP contribution >= 0.6 is 0 Å². The van der Waals surface area contributed by atoms with Gasteiger partial charge in [-0.3, -0.25) is 9.69 Å². The Kier molecular flexibility index (Phi) is 6.34. The number of carbonyl (C=O) groups excluding carboxylic acids is 1. The van der Waals surface area contributed by atoms with E-state index in [0.29, 0.717) is 11.5 Å². The van der Waals surface area contributed by atoms with Gasteiger partial charge in [0.15, 0.2) is 11.5 Å². The van der Waals surface area contributed by atoms with Crippen LogP contribution in [0.1, 0.15) is 5.56 Å². The van der Waals surface area contributed by atoms with E-state index in [1.807, 2.05) is 61.8 Å². The number of rotatable bonds is 7. The molecule has 0 spiro atoms. The smallest absolute Gasteiger partial charge is 0.255 e. The second-order valence-corrected chi connectivity index (χ2v) is 6.28. The molecule has 2 aliphatic heterocycles. The first-order valence-electron chi connectivity index (χ1n) is 9.10. The zero-order valence-corrected chi connectivity index (χ0v) is 16.4. The zero-order chi connectivity index (χ0) is 19.9. The Morgan fingerprint density at radius 3 is 2.61 bits per heavy atom. The van der Waals surface area contributed by atoms with E-state index in [-0.39, 0.29) is 5.91 Å². The number of amides is 1. The number of fused-ring (bicyclic) bond motifs is 1. The lowest BCUT2D eigenvalue weighted by atomic mass is 10.0. The Balaban J connectivity index is 1.89. The van der Waals surface area contributed by atoms with Crippen LogP contribution in [-0.4, -0.2) is 45.2 Å². The largest absolute Gasteiger partial charge is 0.493 e. The van der Waals surface area contributed by atoms with E-state index in [1.54, 1.807) is 25.2 Å². The van der Waals surface area contributed by atoms with Crippen LogP contribution in [0.2, 0.25) is 0 Å². The summed E-state index contributed by atoms with van der Waals surface area (Å²) in [5.41, 5.74) is 3.39. The molecule has 6 heteroatoms. The average molecular weight is 379 g/mol. The molecule has 2 aliphatic rings. The molecule has 1 aromatic carbocycles. The summed E-state index contributed by atoms with van der Waals surface area (Å²) in [6.45, 7) is 1.62. The molecule has 1 amide bonds. The van der Waals surface area contributed by atoms with Crippen molar-refractivity contribution in [1.82, 2.24) is 15.5 Å². The van der Waals surface area contributed by atoms with Crippen LogP contribution < -0.4 is 20.1 Å². The van der Waals surface area contributed by atoms with Crippen LogP contribution in [0.25, 0.3) is 5.57 Å². The summed E-state index contributed by atoms with van der Waals surface area (Å²) < 4.78 is 10.7. The molecule has 0 aromatic heterocycles. The highest BCUT2D eigenvalue weighted by Gasteiger charge is 2.18. The third-order valence-electron chi connectivity index (χ3n) is 4.46. The number of hydrogen-bond acceptors (Lipinski definition) is 5. The Labute approximate surface area is 165 Å². The first kappa shape index (κ1) is 19.5. The predicted octanol–water partition coefficient (Wildman–Crippen LogP) is 2.59. The van der Waals surface area contributed by atoms with Gasteiger partial charge in [0, 0.05) is 31.1 Å². The summed E-state index contributed by atoms with van der Waals surface area (Å²) in [6.07, 6.45) is 13.1. The topological polar surface area (TPSA) is 62.8 Å². The van der Waals surface area contributed by atoms with Crippen molar-refractivity contribution >= 4 is 11.5 Å². The molecule has 0 atom stereocenters. The normalized spacial score (nSPS) is 20.6. The maximum absolute atomic E-state index is 12.9. The third kappa shape index (κ3) is 4.35. The van der Waals surface area contributed by atoms with Gasteiger partial charge in [-0.15, -0.1) is 0 Å². The van der Waals surface area contributed by atoms with Crippen molar-refractivity contribution in [3.8, 4) is 11.5 Å². The van der Waals surface area contributed by atoms with Crippen molar-refractivity contribution in [3.63, 3.8) is 0 Å². The fourth-order valence-electron chi connectivity index (χ4n) is 2.97. The second-order valence-electron chi connectivity index (χ2n) is 6.28. The van der Waals surface area contributed by atoms with Crippen molar-refractivity contribution in [3.05, 3.63) is 77.8 Å². The number of carbonyl (C=O) groups is 1. The number of methoxy groups -OCH3 is 2. The molecular weight excluding hydrogens is 354 g/mol. The van der Waals surface area contributed by atoms with Crippen molar-refractivity contribution in [2.45, 2.75) is 0 Å². The number of nitrogens with one attached hydrogen (secondary N) is 2. The molecule has 0 aliphatic carbocycles.